The Morgan fingerprint density at radius 3 is 2.30 bits per heavy atom. The van der Waals surface area contributed by atoms with Crippen molar-refractivity contribution in [1.29, 1.82) is 0 Å². The van der Waals surface area contributed by atoms with Gasteiger partial charge in [0.05, 0.1) is 17.6 Å². The van der Waals surface area contributed by atoms with E-state index in [2.05, 4.69) is 54.5 Å². The first-order chi connectivity index (χ1) is 15.2. The smallest absolute Gasteiger partial charge is 0.313 e. The van der Waals surface area contributed by atoms with Crippen molar-refractivity contribution in [3.63, 3.8) is 0 Å². The molecule has 1 aliphatic heterocycles. The van der Waals surface area contributed by atoms with Gasteiger partial charge in [0.15, 0.2) is 0 Å². The normalized spacial score (nSPS) is 55.6. The molecule has 1 N–H and O–H groups in total. The van der Waals surface area contributed by atoms with Crippen LogP contribution in [0, 0.1) is 50.2 Å². The van der Waals surface area contributed by atoms with Crippen LogP contribution in [0.5, 0.6) is 0 Å². The average Bonchev–Trinajstić information content (AvgIpc) is 2.87. The Kier molecular flexibility index (Phi) is 4.31. The van der Waals surface area contributed by atoms with Crippen LogP contribution < -0.4 is 0 Å². The average molecular weight is 455 g/mol. The molecule has 9 atom stereocenters. The van der Waals surface area contributed by atoms with E-state index in [-0.39, 0.29) is 21.7 Å². The van der Waals surface area contributed by atoms with Crippen molar-refractivity contribution in [1.82, 2.24) is 0 Å². The molecule has 2 bridgehead atoms. The van der Waals surface area contributed by atoms with Crippen LogP contribution in [0.4, 0.5) is 0 Å². The maximum absolute atomic E-state index is 12.8. The highest BCUT2D eigenvalue weighted by Crippen LogP contribution is 2.78. The molecule has 0 spiro atoms. The van der Waals surface area contributed by atoms with Crippen LogP contribution in [-0.2, 0) is 9.53 Å². The first kappa shape index (κ1) is 22.6. The molecule has 0 aromatic rings. The molecule has 33 heavy (non-hydrogen) atoms. The first-order valence-electron chi connectivity index (χ1n) is 13.8. The lowest BCUT2D eigenvalue weighted by atomic mass is 9.32. The van der Waals surface area contributed by atoms with Crippen molar-refractivity contribution >= 4 is 5.97 Å². The maximum atomic E-state index is 12.8. The van der Waals surface area contributed by atoms with E-state index in [4.69, 9.17) is 4.74 Å². The fourth-order valence-corrected chi connectivity index (χ4v) is 11.4. The summed E-state index contributed by atoms with van der Waals surface area (Å²) in [6.45, 7) is 17.4. The maximum Gasteiger partial charge on any atom is 0.313 e. The second-order valence-corrected chi connectivity index (χ2v) is 15.2. The van der Waals surface area contributed by atoms with E-state index in [0.29, 0.717) is 35.4 Å². The van der Waals surface area contributed by atoms with Crippen LogP contribution in [0.25, 0.3) is 0 Å². The zero-order chi connectivity index (χ0) is 23.8. The minimum absolute atomic E-state index is 0.102. The van der Waals surface area contributed by atoms with Crippen molar-refractivity contribution in [3.8, 4) is 0 Å². The summed E-state index contributed by atoms with van der Waals surface area (Å²) in [5.74, 6) is 1.21. The van der Waals surface area contributed by atoms with E-state index in [0.717, 1.165) is 25.7 Å². The van der Waals surface area contributed by atoms with Gasteiger partial charge in [-0.25, -0.2) is 0 Å². The van der Waals surface area contributed by atoms with Crippen molar-refractivity contribution in [2.24, 2.45) is 50.2 Å². The van der Waals surface area contributed by atoms with Gasteiger partial charge < -0.3 is 9.84 Å². The Labute approximate surface area is 201 Å². The van der Waals surface area contributed by atoms with Crippen molar-refractivity contribution < 1.29 is 14.6 Å². The Morgan fingerprint density at radius 2 is 1.61 bits per heavy atom. The summed E-state index contributed by atoms with van der Waals surface area (Å²) in [6.07, 6.45) is 13.0. The molecule has 184 valence electrons. The number of aliphatic carboxylic acids is 1. The number of rotatable bonds is 1. The molecule has 0 amide bonds. The molecule has 6 aliphatic rings. The Bertz CT molecular complexity index is 931. The van der Waals surface area contributed by atoms with E-state index in [1.807, 2.05) is 0 Å². The number of carbonyl (C=O) groups is 1. The predicted octanol–water partition coefficient (Wildman–Crippen LogP) is 7.25. The van der Waals surface area contributed by atoms with Crippen LogP contribution in [0.2, 0.25) is 0 Å². The van der Waals surface area contributed by atoms with E-state index >= 15 is 0 Å². The topological polar surface area (TPSA) is 46.5 Å². The van der Waals surface area contributed by atoms with Crippen molar-refractivity contribution in [2.75, 3.05) is 0 Å². The fourth-order valence-electron chi connectivity index (χ4n) is 11.4. The molecule has 3 heteroatoms. The van der Waals surface area contributed by atoms with Crippen LogP contribution in [-0.4, -0.2) is 23.3 Å². The zero-order valence-corrected chi connectivity index (χ0v) is 22.1. The molecule has 0 radical (unpaired) electrons. The predicted molar refractivity (Wildman–Crippen MR) is 131 cm³/mol. The van der Waals surface area contributed by atoms with E-state index in [9.17, 15) is 9.90 Å². The summed E-state index contributed by atoms with van der Waals surface area (Å²) in [4.78, 5) is 12.8. The van der Waals surface area contributed by atoms with Crippen LogP contribution in [0.15, 0.2) is 11.6 Å². The van der Waals surface area contributed by atoms with Crippen molar-refractivity contribution in [2.45, 2.75) is 118 Å². The van der Waals surface area contributed by atoms with Gasteiger partial charge in [0.25, 0.3) is 0 Å². The number of hydrogen-bond acceptors (Lipinski definition) is 2. The number of allylic oxidation sites excluding steroid dienone is 1. The largest absolute Gasteiger partial charge is 0.481 e. The molecule has 0 aromatic carbocycles. The third-order valence-corrected chi connectivity index (χ3v) is 13.2. The van der Waals surface area contributed by atoms with Crippen LogP contribution >= 0.6 is 0 Å². The van der Waals surface area contributed by atoms with Gasteiger partial charge in [-0.05, 0) is 103 Å². The standard InChI is InChI=1S/C30H46O3/c1-25(2)12-14-30(24(31)32)15-13-28(6)18(19(30)16-25)8-9-21-27(5)11-10-22-26(3,4)23(27)20(33-22)17-29(21,28)7/h16,18,20-23H,8-15,17H2,1-7H3,(H,31,32)/t18-,20?,21-,22?,23+,27-,28-,29-,30+/m1/s1. The number of fused-ring (bicyclic) bond motifs is 7. The fraction of sp³-hybridized carbons (Fsp3) is 0.900. The monoisotopic (exact) mass is 454 g/mol. The van der Waals surface area contributed by atoms with Gasteiger partial charge in [-0.1, -0.05) is 60.1 Å². The van der Waals surface area contributed by atoms with E-state index in [1.165, 1.54) is 37.7 Å². The summed E-state index contributed by atoms with van der Waals surface area (Å²) >= 11 is 0. The minimum atomic E-state index is -0.617. The van der Waals surface area contributed by atoms with Gasteiger partial charge in [-0.2, -0.15) is 0 Å². The third-order valence-electron chi connectivity index (χ3n) is 13.2. The summed E-state index contributed by atoms with van der Waals surface area (Å²) in [5.41, 5.74) is 1.76. The Morgan fingerprint density at radius 1 is 0.909 bits per heavy atom. The quantitative estimate of drug-likeness (QED) is 0.424. The molecule has 3 nitrogen and oxygen atoms in total. The molecule has 2 unspecified atom stereocenters. The highest BCUT2D eigenvalue weighted by atomic mass is 16.5. The van der Waals surface area contributed by atoms with Crippen LogP contribution in [0.3, 0.4) is 0 Å². The molecule has 6 rings (SSSR count). The lowest BCUT2D eigenvalue weighted by Gasteiger charge is -2.71. The summed E-state index contributed by atoms with van der Waals surface area (Å²) < 4.78 is 6.86. The number of ether oxygens (including phenoxy) is 1. The SMILES string of the molecule is CC1(C)C=C2[C@H]3CC[C@@H]4[C@@]5(C)CCC6OC(C[C@@]4(C)[C@]3(C)CC[C@@]2(C(=O)O)CC1)[C@H]5C6(C)C. The molecule has 1 heterocycles. The van der Waals surface area contributed by atoms with Gasteiger partial charge >= 0.3 is 5.97 Å². The first-order valence-corrected chi connectivity index (χ1v) is 13.8. The second-order valence-electron chi connectivity index (χ2n) is 15.2. The van der Waals surface area contributed by atoms with Crippen molar-refractivity contribution in [3.05, 3.63) is 11.6 Å². The molecule has 1 saturated heterocycles. The molecule has 5 fully saturated rings. The Hall–Kier alpha value is -0.830. The summed E-state index contributed by atoms with van der Waals surface area (Å²) in [6, 6.07) is 0. The molecular weight excluding hydrogens is 408 g/mol. The van der Waals surface area contributed by atoms with Crippen LogP contribution in [0.1, 0.15) is 106 Å². The highest BCUT2D eigenvalue weighted by Gasteiger charge is 2.74. The number of carboxylic acids is 1. The lowest BCUT2D eigenvalue weighted by molar-refractivity contribution is -0.216. The van der Waals surface area contributed by atoms with E-state index < -0.39 is 11.4 Å². The second kappa shape index (κ2) is 6.29. The minimum Gasteiger partial charge on any atom is -0.481 e. The lowest BCUT2D eigenvalue weighted by Crippen LogP contribution is -2.66. The Balaban J connectivity index is 1.47. The highest BCUT2D eigenvalue weighted by molar-refractivity contribution is 5.80. The van der Waals surface area contributed by atoms with E-state index in [1.54, 1.807) is 0 Å². The molecule has 4 saturated carbocycles. The molecular formula is C30H46O3. The number of hydrogen-bond donors (Lipinski definition) is 1. The zero-order valence-electron chi connectivity index (χ0n) is 22.1. The summed E-state index contributed by atoms with van der Waals surface area (Å²) in [5, 5.41) is 10.5. The van der Waals surface area contributed by atoms with Gasteiger partial charge in [0.2, 0.25) is 0 Å². The molecule has 5 aliphatic carbocycles. The van der Waals surface area contributed by atoms with Gasteiger partial charge in [-0.3, -0.25) is 4.79 Å². The summed E-state index contributed by atoms with van der Waals surface area (Å²) in [7, 11) is 0. The van der Waals surface area contributed by atoms with Gasteiger partial charge in [0, 0.05) is 0 Å². The third kappa shape index (κ3) is 2.49. The van der Waals surface area contributed by atoms with Gasteiger partial charge in [-0.15, -0.1) is 0 Å². The molecule has 0 aromatic heterocycles. The van der Waals surface area contributed by atoms with Gasteiger partial charge in [0.1, 0.15) is 0 Å². The number of carboxylic acid groups (broad SMARTS) is 1.